The minimum absolute atomic E-state index is 0.0745. The number of ether oxygens (including phenoxy) is 3. The fraction of sp³-hybridized carbons (Fsp3) is 0.364. The molecule has 2 rings (SSSR count). The first kappa shape index (κ1) is 24.4. The Morgan fingerprint density at radius 3 is 2.31 bits per heavy atom. The second-order valence-corrected chi connectivity index (χ2v) is 7.65. The van der Waals surface area contributed by atoms with E-state index in [4.69, 9.17) is 9.15 Å². The maximum Gasteiger partial charge on any atom is 0.407 e. The fourth-order valence-corrected chi connectivity index (χ4v) is 2.47. The second-order valence-electron chi connectivity index (χ2n) is 7.65. The van der Waals surface area contributed by atoms with Crippen LogP contribution in [0, 0.1) is 6.92 Å². The van der Waals surface area contributed by atoms with Crippen molar-refractivity contribution >= 4 is 23.7 Å². The number of hydrogen-bond donors (Lipinski definition) is 2. The van der Waals surface area contributed by atoms with E-state index < -0.39 is 23.6 Å². The smallest absolute Gasteiger partial charge is 0.407 e. The van der Waals surface area contributed by atoms with Crippen LogP contribution < -0.4 is 10.6 Å². The lowest BCUT2D eigenvalue weighted by Crippen LogP contribution is -2.32. The van der Waals surface area contributed by atoms with E-state index in [1.807, 2.05) is 0 Å². The van der Waals surface area contributed by atoms with Crippen molar-refractivity contribution in [3.8, 4) is 11.5 Å². The number of amides is 1. The van der Waals surface area contributed by atoms with E-state index in [9.17, 15) is 14.4 Å². The minimum Gasteiger partial charge on any atom is -0.466 e. The lowest BCUT2D eigenvalue weighted by Gasteiger charge is -2.19. The third kappa shape index (κ3) is 7.15. The van der Waals surface area contributed by atoms with Crippen LogP contribution in [0.25, 0.3) is 11.5 Å². The first-order valence-corrected chi connectivity index (χ1v) is 9.71. The quantitative estimate of drug-likeness (QED) is 0.374. The van der Waals surface area contributed by atoms with Gasteiger partial charge in [-0.2, -0.15) is 0 Å². The number of aryl methyl sites for hydroxylation is 1. The number of alkyl carbamates (subject to hydrolysis) is 1. The number of esters is 2. The molecule has 172 valence electrons. The van der Waals surface area contributed by atoms with E-state index in [1.165, 1.54) is 14.2 Å². The summed E-state index contributed by atoms with van der Waals surface area (Å²) < 4.78 is 20.1. The molecule has 0 aliphatic heterocycles. The van der Waals surface area contributed by atoms with E-state index >= 15 is 0 Å². The molecule has 2 N–H and O–H groups in total. The number of benzene rings is 1. The summed E-state index contributed by atoms with van der Waals surface area (Å²) >= 11 is 0. The molecule has 0 aliphatic rings. The van der Waals surface area contributed by atoms with Gasteiger partial charge in [-0.1, -0.05) is 0 Å². The highest BCUT2D eigenvalue weighted by Crippen LogP contribution is 2.24. The molecule has 0 saturated carbocycles. The maximum atomic E-state index is 11.9. The molecule has 0 bridgehead atoms. The van der Waals surface area contributed by atoms with Crippen LogP contribution in [-0.4, -0.2) is 42.8 Å². The molecule has 10 heteroatoms. The molecule has 32 heavy (non-hydrogen) atoms. The van der Waals surface area contributed by atoms with E-state index in [-0.39, 0.29) is 12.2 Å². The fourth-order valence-electron chi connectivity index (χ4n) is 2.47. The highest BCUT2D eigenvalue weighted by atomic mass is 16.6. The lowest BCUT2D eigenvalue weighted by atomic mass is 10.2. The number of anilines is 1. The largest absolute Gasteiger partial charge is 0.466 e. The van der Waals surface area contributed by atoms with E-state index in [2.05, 4.69) is 25.1 Å². The summed E-state index contributed by atoms with van der Waals surface area (Å²) in [7, 11) is 2.41. The van der Waals surface area contributed by atoms with Gasteiger partial charge in [0.2, 0.25) is 5.89 Å². The van der Waals surface area contributed by atoms with Crippen molar-refractivity contribution in [2.45, 2.75) is 39.8 Å². The number of hydrogen-bond acceptors (Lipinski definition) is 9. The third-order valence-electron chi connectivity index (χ3n) is 3.97. The van der Waals surface area contributed by atoms with Crippen LogP contribution in [0.4, 0.5) is 10.5 Å². The van der Waals surface area contributed by atoms with Gasteiger partial charge >= 0.3 is 18.0 Å². The van der Waals surface area contributed by atoms with Crippen LogP contribution in [0.3, 0.4) is 0 Å². The van der Waals surface area contributed by atoms with Gasteiger partial charge in [-0.15, -0.1) is 0 Å². The Balaban J connectivity index is 2.10. The summed E-state index contributed by atoms with van der Waals surface area (Å²) in [6.07, 6.45) is 0.458. The van der Waals surface area contributed by atoms with Gasteiger partial charge < -0.3 is 29.3 Å². The molecule has 2 aromatic rings. The SMILES string of the molecule is COC(=O)/C=C(/Nc1ccc(-c2nc(CNC(=O)OC(C)(C)C)c(C)o2)cc1)C(=O)OC. The molecule has 0 saturated heterocycles. The van der Waals surface area contributed by atoms with Crippen molar-refractivity contribution < 1.29 is 33.0 Å². The number of nitrogens with zero attached hydrogens (tertiary/aromatic N) is 1. The number of oxazole rings is 1. The zero-order valence-corrected chi connectivity index (χ0v) is 18.9. The van der Waals surface area contributed by atoms with Crippen LogP contribution >= 0.6 is 0 Å². The highest BCUT2D eigenvalue weighted by molar-refractivity contribution is 5.98. The number of nitrogens with one attached hydrogen (secondary N) is 2. The van der Waals surface area contributed by atoms with Crippen molar-refractivity contribution in [1.82, 2.24) is 10.3 Å². The third-order valence-corrected chi connectivity index (χ3v) is 3.97. The Hall–Kier alpha value is -3.82. The normalized spacial score (nSPS) is 11.5. The van der Waals surface area contributed by atoms with Crippen LogP contribution in [0.15, 0.2) is 40.5 Å². The zero-order chi connectivity index (χ0) is 23.9. The molecule has 0 fully saturated rings. The molecule has 1 amide bonds. The van der Waals surface area contributed by atoms with Crippen molar-refractivity contribution in [3.05, 3.63) is 47.5 Å². The van der Waals surface area contributed by atoms with Crippen molar-refractivity contribution in [1.29, 1.82) is 0 Å². The summed E-state index contributed by atoms with van der Waals surface area (Å²) in [6, 6.07) is 6.82. The predicted molar refractivity (Wildman–Crippen MR) is 115 cm³/mol. The van der Waals surface area contributed by atoms with Gasteiger partial charge in [0.15, 0.2) is 0 Å². The first-order chi connectivity index (χ1) is 15.0. The summed E-state index contributed by atoms with van der Waals surface area (Å²) in [4.78, 5) is 39.6. The minimum atomic E-state index is -0.718. The molecule has 10 nitrogen and oxygen atoms in total. The molecule has 0 radical (unpaired) electrons. The number of carbonyl (C=O) groups is 3. The topological polar surface area (TPSA) is 129 Å². The van der Waals surface area contributed by atoms with Gasteiger partial charge in [-0.05, 0) is 52.0 Å². The van der Waals surface area contributed by atoms with Crippen LogP contribution in [0.2, 0.25) is 0 Å². The van der Waals surface area contributed by atoms with Gasteiger partial charge in [-0.3, -0.25) is 0 Å². The van der Waals surface area contributed by atoms with Crippen LogP contribution in [0.5, 0.6) is 0 Å². The number of aromatic nitrogens is 1. The Labute approximate surface area is 185 Å². The van der Waals surface area contributed by atoms with E-state index in [0.717, 1.165) is 6.08 Å². The summed E-state index contributed by atoms with van der Waals surface area (Å²) in [5.74, 6) is -0.484. The van der Waals surface area contributed by atoms with Crippen molar-refractivity contribution in [2.24, 2.45) is 0 Å². The molecule has 0 atom stereocenters. The molecular formula is C22H27N3O7. The van der Waals surface area contributed by atoms with Gasteiger partial charge in [0, 0.05) is 11.3 Å². The maximum absolute atomic E-state index is 11.9. The van der Waals surface area contributed by atoms with Gasteiger partial charge in [-0.25, -0.2) is 19.4 Å². The van der Waals surface area contributed by atoms with Crippen LogP contribution in [0.1, 0.15) is 32.2 Å². The standard InChI is InChI=1S/C22H27N3O7/c1-13-17(12-23-21(28)32-22(2,3)4)25-19(31-13)14-7-9-15(10-8-14)24-16(20(27)30-6)11-18(26)29-5/h7-11,24H,12H2,1-6H3,(H,23,28)/b16-11+. The van der Waals surface area contributed by atoms with Gasteiger partial charge in [0.05, 0.1) is 26.8 Å². The van der Waals surface area contributed by atoms with Crippen molar-refractivity contribution in [3.63, 3.8) is 0 Å². The monoisotopic (exact) mass is 445 g/mol. The molecular weight excluding hydrogens is 418 g/mol. The average molecular weight is 445 g/mol. The predicted octanol–water partition coefficient (Wildman–Crippen LogP) is 3.32. The second kappa shape index (κ2) is 10.5. The molecule has 1 aromatic carbocycles. The number of methoxy groups -OCH3 is 2. The zero-order valence-electron chi connectivity index (χ0n) is 18.9. The molecule has 1 aromatic heterocycles. The van der Waals surface area contributed by atoms with Crippen molar-refractivity contribution in [2.75, 3.05) is 19.5 Å². The van der Waals surface area contributed by atoms with Gasteiger partial charge in [0.25, 0.3) is 0 Å². The highest BCUT2D eigenvalue weighted by Gasteiger charge is 2.18. The summed E-state index contributed by atoms with van der Waals surface area (Å²) in [6.45, 7) is 7.25. The first-order valence-electron chi connectivity index (χ1n) is 9.71. The number of rotatable bonds is 7. The Morgan fingerprint density at radius 1 is 1.09 bits per heavy atom. The molecule has 0 spiro atoms. The van der Waals surface area contributed by atoms with Crippen LogP contribution in [-0.2, 0) is 30.3 Å². The Morgan fingerprint density at radius 2 is 1.75 bits per heavy atom. The number of carbonyl (C=O) groups excluding carboxylic acids is 3. The van der Waals surface area contributed by atoms with E-state index in [1.54, 1.807) is 52.0 Å². The Kier molecular flexibility index (Phi) is 8.00. The lowest BCUT2D eigenvalue weighted by molar-refractivity contribution is -0.138. The summed E-state index contributed by atoms with van der Waals surface area (Å²) in [5.41, 5.74) is 1.11. The Bertz CT molecular complexity index is 1000. The van der Waals surface area contributed by atoms with E-state index in [0.29, 0.717) is 28.6 Å². The van der Waals surface area contributed by atoms with Gasteiger partial charge in [0.1, 0.15) is 22.8 Å². The molecule has 0 aliphatic carbocycles. The molecule has 1 heterocycles. The average Bonchev–Trinajstić information content (AvgIpc) is 3.10. The molecule has 0 unspecified atom stereocenters. The summed E-state index contributed by atoms with van der Waals surface area (Å²) in [5, 5.41) is 5.46.